The number of hydrogen-bond donors (Lipinski definition) is 0. The molecule has 0 fully saturated rings. The first-order valence-corrected chi connectivity index (χ1v) is 6.70. The smallest absolute Gasteiger partial charge is 1.00 e. The summed E-state index contributed by atoms with van der Waals surface area (Å²) in [5.74, 6) is 0. The number of allylic oxidation sites excluding steroid dienone is 8. The van der Waals surface area contributed by atoms with Gasteiger partial charge in [-0.3, -0.25) is 0 Å². The van der Waals surface area contributed by atoms with E-state index in [9.17, 15) is 0 Å². The monoisotopic (exact) mass is 345 g/mol. The Labute approximate surface area is 132 Å². The van der Waals surface area contributed by atoms with Gasteiger partial charge in [-0.2, -0.15) is 0 Å². The van der Waals surface area contributed by atoms with E-state index in [0.29, 0.717) is 5.41 Å². The maximum atomic E-state index is 2.35. The third kappa shape index (κ3) is 2.72. The molecule has 0 aliphatic heterocycles. The van der Waals surface area contributed by atoms with E-state index in [1.54, 1.807) is 39.1 Å². The van der Waals surface area contributed by atoms with Crippen LogP contribution in [0.4, 0.5) is 0 Å². The fourth-order valence-corrected chi connectivity index (χ4v) is 3.69. The summed E-state index contributed by atoms with van der Waals surface area (Å²) in [4.78, 5) is 0. The van der Waals surface area contributed by atoms with Gasteiger partial charge in [-0.1, -0.05) is 0 Å². The zero-order valence-electron chi connectivity index (χ0n) is 10.7. The first-order chi connectivity index (χ1) is 6.96. The Bertz CT molecular complexity index is 437. The second-order valence-electron chi connectivity index (χ2n) is 4.95. The molecule has 0 radical (unpaired) electrons. The van der Waals surface area contributed by atoms with Crippen LogP contribution in [-0.4, -0.2) is 0 Å². The largest absolute Gasteiger partial charge is 1.00 e. The zero-order valence-corrected chi connectivity index (χ0v) is 14.7. The quantitative estimate of drug-likeness (QED) is 0.518. The minimum atomic E-state index is 0. The summed E-state index contributed by atoms with van der Waals surface area (Å²) in [6.07, 6.45) is 7.82. The molecule has 0 nitrogen and oxygen atoms in total. The van der Waals surface area contributed by atoms with Crippen LogP contribution in [0.15, 0.2) is 43.8 Å². The molecule has 2 aliphatic carbocycles. The first-order valence-electron chi connectivity index (χ1n) is 5.47. The number of halogens is 2. The Hall–Kier alpha value is 0.423. The molecule has 0 amide bonds. The van der Waals surface area contributed by atoms with E-state index >= 15 is 0 Å². The third-order valence-corrected chi connectivity index (χ3v) is 5.99. The average molecular weight is 347 g/mol. The number of rotatable bonds is 1. The van der Waals surface area contributed by atoms with Crippen LogP contribution in [0.5, 0.6) is 0 Å². The van der Waals surface area contributed by atoms with Crippen molar-refractivity contribution in [1.29, 1.82) is 0 Å². The van der Waals surface area contributed by atoms with Crippen LogP contribution in [0.3, 0.4) is 0 Å². The summed E-state index contributed by atoms with van der Waals surface area (Å²) in [6.45, 7) is 9.27. The van der Waals surface area contributed by atoms with E-state index in [2.05, 4.69) is 45.9 Å². The predicted molar refractivity (Wildman–Crippen MR) is 61.0 cm³/mol. The maximum Gasteiger partial charge on any atom is -1.00 e. The Balaban J connectivity index is 0.00000128. The van der Waals surface area contributed by atoms with Crippen molar-refractivity contribution in [3.63, 3.8) is 0 Å². The summed E-state index contributed by atoms with van der Waals surface area (Å²) in [5, 5.41) is 0. The second kappa shape index (κ2) is 6.04. The summed E-state index contributed by atoms with van der Waals surface area (Å²) >= 11 is 1.57. The van der Waals surface area contributed by atoms with E-state index in [0.717, 1.165) is 6.42 Å². The molecular weight excluding hydrogens is 330 g/mol. The molecule has 0 aromatic carbocycles. The van der Waals surface area contributed by atoms with E-state index < -0.39 is 0 Å². The standard InChI is InChI=1S/C14H17.2ClH.Zr/c1-10-11(2)14(3,4)9-13(10)12-7-5-6-8-12;;;/h5-7H,8H2,1-4H3;2*1H;/q;;;+2/p-2. The van der Waals surface area contributed by atoms with Crippen LogP contribution in [0.1, 0.15) is 34.1 Å². The molecule has 0 saturated carbocycles. The zero-order chi connectivity index (χ0) is 11.2. The summed E-state index contributed by atoms with van der Waals surface area (Å²) in [5.41, 5.74) is 6.44. The van der Waals surface area contributed by atoms with Crippen molar-refractivity contribution < 1.29 is 49.5 Å². The van der Waals surface area contributed by atoms with Crippen molar-refractivity contribution >= 4 is 0 Å². The molecule has 2 rings (SSSR count). The van der Waals surface area contributed by atoms with E-state index in [4.69, 9.17) is 0 Å². The van der Waals surface area contributed by atoms with Crippen LogP contribution >= 0.6 is 0 Å². The van der Waals surface area contributed by atoms with E-state index in [1.165, 1.54) is 11.1 Å². The fraction of sp³-hybridized carbons (Fsp3) is 0.429. The first kappa shape index (κ1) is 17.4. The van der Waals surface area contributed by atoms with Gasteiger partial charge in [0.15, 0.2) is 0 Å². The van der Waals surface area contributed by atoms with Gasteiger partial charge in [0.1, 0.15) is 0 Å². The molecule has 91 valence electrons. The van der Waals surface area contributed by atoms with Gasteiger partial charge in [-0.25, -0.2) is 0 Å². The van der Waals surface area contributed by atoms with Crippen LogP contribution in [0.25, 0.3) is 0 Å². The van der Waals surface area contributed by atoms with Crippen molar-refractivity contribution in [3.05, 3.63) is 43.8 Å². The maximum absolute atomic E-state index is 2.35. The van der Waals surface area contributed by atoms with E-state index in [-0.39, 0.29) is 24.8 Å². The predicted octanol–water partition coefficient (Wildman–Crippen LogP) is -1.94. The van der Waals surface area contributed by atoms with Gasteiger partial charge in [0, 0.05) is 0 Å². The second-order valence-corrected chi connectivity index (χ2v) is 6.18. The van der Waals surface area contributed by atoms with Crippen molar-refractivity contribution in [2.45, 2.75) is 34.1 Å². The molecule has 0 heterocycles. The van der Waals surface area contributed by atoms with Crippen molar-refractivity contribution in [3.8, 4) is 0 Å². The normalized spacial score (nSPS) is 21.4. The van der Waals surface area contributed by atoms with Gasteiger partial charge < -0.3 is 24.8 Å². The molecule has 0 aromatic heterocycles. The molecule has 0 saturated heterocycles. The number of hydrogen-bond acceptors (Lipinski definition) is 0. The van der Waals surface area contributed by atoms with Crippen LogP contribution in [0.2, 0.25) is 0 Å². The van der Waals surface area contributed by atoms with Crippen molar-refractivity contribution in [2.75, 3.05) is 0 Å². The fourth-order valence-electron chi connectivity index (χ4n) is 2.38. The van der Waals surface area contributed by atoms with Crippen LogP contribution < -0.4 is 24.8 Å². The molecule has 0 bridgehead atoms. The molecule has 0 unspecified atom stereocenters. The van der Waals surface area contributed by atoms with Gasteiger partial charge in [-0.05, 0) is 0 Å². The summed E-state index contributed by atoms with van der Waals surface area (Å²) < 4.78 is 1.62. The van der Waals surface area contributed by atoms with Crippen LogP contribution in [-0.2, 0) is 24.7 Å². The van der Waals surface area contributed by atoms with Gasteiger partial charge in [0.25, 0.3) is 0 Å². The Morgan fingerprint density at radius 2 is 1.76 bits per heavy atom. The molecule has 0 aromatic rings. The molecule has 0 N–H and O–H groups in total. The summed E-state index contributed by atoms with van der Waals surface area (Å²) in [7, 11) is 0. The van der Waals surface area contributed by atoms with Crippen molar-refractivity contribution in [1.82, 2.24) is 0 Å². The molecule has 0 spiro atoms. The molecule has 0 atom stereocenters. The molecule has 3 heteroatoms. The molecular formula is C14H17Cl2Zr. The summed E-state index contributed by atoms with van der Waals surface area (Å²) in [6, 6.07) is 0. The Morgan fingerprint density at radius 1 is 1.18 bits per heavy atom. The Morgan fingerprint density at radius 3 is 2.12 bits per heavy atom. The topological polar surface area (TPSA) is 0 Å². The van der Waals surface area contributed by atoms with Crippen LogP contribution in [0, 0.1) is 5.41 Å². The minimum absolute atomic E-state index is 0. The SMILES string of the molecule is CC1=C(C)C(C)(C)[C]([Zr+2])=C1C1=CC=CC1.[Cl-].[Cl-]. The minimum Gasteiger partial charge on any atom is -1.00 e. The molecule has 2 aliphatic rings. The average Bonchev–Trinajstić information content (AvgIpc) is 2.73. The van der Waals surface area contributed by atoms with Gasteiger partial charge in [0.05, 0.1) is 0 Å². The van der Waals surface area contributed by atoms with Crippen molar-refractivity contribution in [2.24, 2.45) is 5.41 Å². The van der Waals surface area contributed by atoms with Gasteiger partial charge in [0.2, 0.25) is 0 Å². The molecule has 17 heavy (non-hydrogen) atoms. The Kier molecular flexibility index (Phi) is 6.19. The third-order valence-electron chi connectivity index (χ3n) is 3.84. The van der Waals surface area contributed by atoms with E-state index in [1.807, 2.05) is 0 Å². The van der Waals surface area contributed by atoms with Gasteiger partial charge >= 0.3 is 108 Å². The van der Waals surface area contributed by atoms with Gasteiger partial charge in [-0.15, -0.1) is 0 Å².